The van der Waals surface area contributed by atoms with Gasteiger partial charge in [-0.3, -0.25) is 0 Å². The van der Waals surface area contributed by atoms with Crippen LogP contribution in [0.5, 0.6) is 0 Å². The lowest BCUT2D eigenvalue weighted by Gasteiger charge is -2.26. The minimum atomic E-state index is -2.00. The van der Waals surface area contributed by atoms with Crippen LogP contribution in [-0.4, -0.2) is 25.0 Å². The van der Waals surface area contributed by atoms with Crippen LogP contribution in [0.3, 0.4) is 0 Å². The number of piperidine rings is 1. The van der Waals surface area contributed by atoms with Gasteiger partial charge in [-0.25, -0.2) is 0 Å². The first-order valence-electron chi connectivity index (χ1n) is 7.60. The summed E-state index contributed by atoms with van der Waals surface area (Å²) in [6.45, 7) is -0.800. The van der Waals surface area contributed by atoms with Crippen molar-refractivity contribution in [3.8, 4) is 0 Å². The predicted molar refractivity (Wildman–Crippen MR) is 81.4 cm³/mol. The minimum absolute atomic E-state index is 0.543. The van der Waals surface area contributed by atoms with Gasteiger partial charge in [-0.15, -0.1) is 22.7 Å². The zero-order valence-electron chi connectivity index (χ0n) is 13.1. The van der Waals surface area contributed by atoms with Gasteiger partial charge in [-0.05, 0) is 54.8 Å². The second kappa shape index (κ2) is 5.39. The van der Waals surface area contributed by atoms with Gasteiger partial charge in [-0.1, -0.05) is 12.1 Å². The molecule has 0 aliphatic carbocycles. The molecule has 3 heteroatoms. The Balaban J connectivity index is 2.02. The van der Waals surface area contributed by atoms with E-state index in [0.29, 0.717) is 13.1 Å². The molecule has 0 unspecified atom stereocenters. The molecule has 1 nitrogen and oxygen atoms in total. The van der Waals surface area contributed by atoms with Crippen molar-refractivity contribution in [1.82, 2.24) is 4.90 Å². The molecule has 0 bridgehead atoms. The molecule has 3 rings (SSSR count). The Morgan fingerprint density at radius 2 is 1.94 bits per heavy atom. The Bertz CT molecular complexity index is 576. The van der Waals surface area contributed by atoms with Gasteiger partial charge >= 0.3 is 0 Å². The van der Waals surface area contributed by atoms with Crippen molar-refractivity contribution < 1.29 is 4.11 Å². The van der Waals surface area contributed by atoms with Crippen LogP contribution in [0, 0.1) is 0 Å². The summed E-state index contributed by atoms with van der Waals surface area (Å²) in [6.07, 6.45) is 1.89. The molecule has 0 radical (unpaired) electrons. The van der Waals surface area contributed by atoms with E-state index in [-0.39, 0.29) is 0 Å². The Kier molecular flexibility index (Phi) is 2.72. The molecule has 3 heterocycles. The number of likely N-dealkylation sites (N-methyl/N-ethyl adjacent to an activating group) is 1. The maximum atomic E-state index is 7.65. The molecule has 1 aliphatic rings. The second-order valence-corrected chi connectivity index (χ2v) is 6.35. The summed E-state index contributed by atoms with van der Waals surface area (Å²) in [6, 6.07) is 8.36. The number of thiophene rings is 2. The topological polar surface area (TPSA) is 3.24 Å². The fourth-order valence-corrected chi connectivity index (χ4v) is 4.12. The van der Waals surface area contributed by atoms with Crippen molar-refractivity contribution in [1.29, 1.82) is 0 Å². The van der Waals surface area contributed by atoms with Crippen molar-refractivity contribution in [2.75, 3.05) is 20.1 Å². The molecule has 94 valence electrons. The highest BCUT2D eigenvalue weighted by atomic mass is 32.1. The van der Waals surface area contributed by atoms with E-state index in [9.17, 15) is 0 Å². The lowest BCUT2D eigenvalue weighted by atomic mass is 9.97. The largest absolute Gasteiger partial charge is 0.302 e. The minimum Gasteiger partial charge on any atom is -0.302 e. The van der Waals surface area contributed by atoms with Gasteiger partial charge in [0.1, 0.15) is 0 Å². The first-order valence-corrected chi connectivity index (χ1v) is 7.86. The van der Waals surface area contributed by atoms with Gasteiger partial charge in [0.15, 0.2) is 0 Å². The highest BCUT2D eigenvalue weighted by Crippen LogP contribution is 2.35. The zero-order valence-corrected chi connectivity index (χ0v) is 11.7. The number of hydrogen-bond acceptors (Lipinski definition) is 3. The fourth-order valence-electron chi connectivity index (χ4n) is 2.39. The Morgan fingerprint density at radius 3 is 2.50 bits per heavy atom. The third kappa shape index (κ3) is 2.44. The highest BCUT2D eigenvalue weighted by Gasteiger charge is 2.18. The van der Waals surface area contributed by atoms with E-state index in [4.69, 9.17) is 4.11 Å². The van der Waals surface area contributed by atoms with E-state index in [1.807, 2.05) is 0 Å². The number of likely N-dealkylation sites (tertiary alicyclic amines) is 1. The van der Waals surface area contributed by atoms with Crippen molar-refractivity contribution in [2.24, 2.45) is 0 Å². The van der Waals surface area contributed by atoms with Crippen LogP contribution in [0.4, 0.5) is 0 Å². The smallest absolute Gasteiger partial charge is 0.0394 e. The first-order chi connectivity index (χ1) is 10.1. The van der Waals surface area contributed by atoms with Crippen molar-refractivity contribution >= 4 is 28.2 Å². The van der Waals surface area contributed by atoms with Gasteiger partial charge in [-0.2, -0.15) is 0 Å². The molecule has 0 atom stereocenters. The summed E-state index contributed by atoms with van der Waals surface area (Å²) in [5.74, 6) is 0. The van der Waals surface area contributed by atoms with E-state index in [2.05, 4.69) is 35.0 Å². The van der Waals surface area contributed by atoms with Crippen LogP contribution in [0.2, 0.25) is 0 Å². The average molecular weight is 278 g/mol. The third-order valence-corrected chi connectivity index (χ3v) is 4.95. The monoisotopic (exact) mass is 278 g/mol. The molecule has 0 N–H and O–H groups in total. The predicted octanol–water partition coefficient (Wildman–Crippen LogP) is 4.34. The molecular formula is C15H17NS2. The summed E-state index contributed by atoms with van der Waals surface area (Å²) in [5.41, 5.74) is 2.50. The molecule has 0 spiro atoms. The van der Waals surface area contributed by atoms with Gasteiger partial charge in [0.25, 0.3) is 0 Å². The van der Waals surface area contributed by atoms with Crippen LogP contribution in [-0.2, 0) is 0 Å². The fraction of sp³-hybridized carbons (Fsp3) is 0.333. The average Bonchev–Trinajstić information content (AvgIpc) is 3.12. The molecule has 2 aromatic heterocycles. The molecule has 0 aromatic carbocycles. The molecule has 0 amide bonds. The van der Waals surface area contributed by atoms with E-state index < -0.39 is 6.98 Å². The Labute approximate surface area is 121 Å². The number of nitrogens with zero attached hydrogens (tertiary/aromatic N) is 1. The summed E-state index contributed by atoms with van der Waals surface area (Å²) in [4.78, 5) is 4.09. The molecular weight excluding hydrogens is 258 g/mol. The van der Waals surface area contributed by atoms with E-state index in [0.717, 1.165) is 12.8 Å². The molecule has 1 aliphatic heterocycles. The zero-order chi connectivity index (χ0) is 14.9. The molecule has 1 saturated heterocycles. The first kappa shape index (κ1) is 9.08. The van der Waals surface area contributed by atoms with E-state index >= 15 is 0 Å². The summed E-state index contributed by atoms with van der Waals surface area (Å²) < 4.78 is 22.9. The Hall–Kier alpha value is -0.900. The lowest BCUT2D eigenvalue weighted by Crippen LogP contribution is -2.27. The van der Waals surface area contributed by atoms with Gasteiger partial charge in [0.05, 0.1) is 0 Å². The van der Waals surface area contributed by atoms with Crippen LogP contribution >= 0.6 is 22.7 Å². The van der Waals surface area contributed by atoms with Crippen LogP contribution < -0.4 is 0 Å². The van der Waals surface area contributed by atoms with Crippen LogP contribution in [0.25, 0.3) is 5.57 Å². The molecule has 2 aromatic rings. The second-order valence-electron chi connectivity index (χ2n) is 4.46. The maximum Gasteiger partial charge on any atom is 0.0394 e. The van der Waals surface area contributed by atoms with Crippen LogP contribution in [0.15, 0.2) is 40.6 Å². The SMILES string of the molecule is [2H]C([2H])([2H])N1CCCC(=C(c2cccs2)c2cccs2)C1. The summed E-state index contributed by atoms with van der Waals surface area (Å²) in [7, 11) is 0. The van der Waals surface area contributed by atoms with Crippen LogP contribution in [0.1, 0.15) is 26.7 Å². The maximum absolute atomic E-state index is 7.65. The molecule has 1 fully saturated rings. The van der Waals surface area contributed by atoms with Crippen molar-refractivity contribution in [2.45, 2.75) is 12.8 Å². The lowest BCUT2D eigenvalue weighted by molar-refractivity contribution is 0.323. The van der Waals surface area contributed by atoms with Gasteiger partial charge in [0, 0.05) is 26.0 Å². The third-order valence-electron chi connectivity index (χ3n) is 3.18. The number of hydrogen-bond donors (Lipinski definition) is 0. The highest BCUT2D eigenvalue weighted by molar-refractivity contribution is 7.13. The quantitative estimate of drug-likeness (QED) is 0.790. The molecule has 18 heavy (non-hydrogen) atoms. The normalized spacial score (nSPS) is 20.2. The summed E-state index contributed by atoms with van der Waals surface area (Å²) >= 11 is 3.44. The standard InChI is InChI=1S/C15H17NS2/c1-16-8-2-5-12(11-16)15(13-6-3-9-17-13)14-7-4-10-18-14/h3-4,6-7,9-10H,2,5,8,11H2,1H3/i1D3. The summed E-state index contributed by atoms with van der Waals surface area (Å²) in [5, 5.41) is 4.15. The molecule has 0 saturated carbocycles. The Morgan fingerprint density at radius 1 is 1.22 bits per heavy atom. The van der Waals surface area contributed by atoms with Gasteiger partial charge < -0.3 is 4.90 Å². The van der Waals surface area contributed by atoms with Gasteiger partial charge in [0.2, 0.25) is 0 Å². The number of rotatable bonds is 2. The van der Waals surface area contributed by atoms with Crippen molar-refractivity contribution in [3.63, 3.8) is 0 Å². The van der Waals surface area contributed by atoms with E-state index in [1.165, 1.54) is 20.9 Å². The van der Waals surface area contributed by atoms with E-state index in [1.54, 1.807) is 27.6 Å². The van der Waals surface area contributed by atoms with Crippen molar-refractivity contribution in [3.05, 3.63) is 50.4 Å².